The van der Waals surface area contributed by atoms with E-state index in [2.05, 4.69) is 9.88 Å². The van der Waals surface area contributed by atoms with Gasteiger partial charge in [0.2, 0.25) is 5.89 Å². The van der Waals surface area contributed by atoms with E-state index in [1.165, 1.54) is 18.6 Å². The van der Waals surface area contributed by atoms with Crippen LogP contribution >= 0.6 is 0 Å². The lowest BCUT2D eigenvalue weighted by Crippen LogP contribution is -2.29. The van der Waals surface area contributed by atoms with Crippen LogP contribution in [-0.4, -0.2) is 34.2 Å². The lowest BCUT2D eigenvalue weighted by molar-refractivity contribution is 0.196. The average molecular weight is 278 g/mol. The fourth-order valence-electron chi connectivity index (χ4n) is 2.94. The van der Waals surface area contributed by atoms with Gasteiger partial charge in [-0.05, 0) is 44.4 Å². The highest BCUT2D eigenvalue weighted by atomic mass is 19.1. The number of nitrogens with zero attached hydrogens (tertiary/aromatic N) is 2. The van der Waals surface area contributed by atoms with E-state index in [0.29, 0.717) is 29.6 Å². The number of benzene rings is 1. The summed E-state index contributed by atoms with van der Waals surface area (Å²) in [6, 6.07) is 4.91. The second kappa shape index (κ2) is 5.89. The third kappa shape index (κ3) is 2.83. The first-order valence-electron chi connectivity index (χ1n) is 7.16. The van der Waals surface area contributed by atoms with E-state index in [0.717, 1.165) is 25.8 Å². The van der Waals surface area contributed by atoms with E-state index in [-0.39, 0.29) is 12.4 Å². The molecule has 0 spiro atoms. The molecule has 1 N–H and O–H groups in total. The smallest absolute Gasteiger partial charge is 0.209 e. The number of fused-ring (bicyclic) bond motifs is 1. The van der Waals surface area contributed by atoms with Gasteiger partial charge in [-0.3, -0.25) is 4.90 Å². The summed E-state index contributed by atoms with van der Waals surface area (Å²) >= 11 is 0. The van der Waals surface area contributed by atoms with Crippen LogP contribution in [0.1, 0.15) is 31.6 Å². The lowest BCUT2D eigenvalue weighted by atomic mass is 10.1. The summed E-state index contributed by atoms with van der Waals surface area (Å²) in [5.41, 5.74) is 1.21. The molecule has 1 fully saturated rings. The third-order valence-electron chi connectivity index (χ3n) is 3.93. The van der Waals surface area contributed by atoms with Crippen molar-refractivity contribution in [3.63, 3.8) is 0 Å². The first-order valence-corrected chi connectivity index (χ1v) is 7.16. The predicted octanol–water partition coefficient (Wildman–Crippen LogP) is 2.70. The van der Waals surface area contributed by atoms with Crippen molar-refractivity contribution in [2.45, 2.75) is 38.3 Å². The van der Waals surface area contributed by atoms with Crippen LogP contribution in [-0.2, 0) is 6.54 Å². The molecule has 4 nitrogen and oxygen atoms in total. The Bertz CT molecular complexity index is 584. The molecular weight excluding hydrogens is 259 g/mol. The second-order valence-corrected chi connectivity index (χ2v) is 5.35. The number of likely N-dealkylation sites (tertiary alicyclic amines) is 1. The van der Waals surface area contributed by atoms with Crippen LogP contribution in [0, 0.1) is 5.82 Å². The van der Waals surface area contributed by atoms with E-state index in [1.807, 2.05) is 0 Å². The van der Waals surface area contributed by atoms with Crippen molar-refractivity contribution >= 4 is 11.1 Å². The standard InChI is InChI=1S/C15H19FN2O2/c16-11-5-6-13-14(9-11)20-15(17-13)10-18-7-1-3-12(18)4-2-8-19/h5-6,9,12,19H,1-4,7-8,10H2/t12-/m0/s1. The average Bonchev–Trinajstić information content (AvgIpc) is 3.02. The third-order valence-corrected chi connectivity index (χ3v) is 3.93. The first-order chi connectivity index (χ1) is 9.76. The quantitative estimate of drug-likeness (QED) is 0.913. The van der Waals surface area contributed by atoms with Crippen LogP contribution in [0.2, 0.25) is 0 Å². The van der Waals surface area contributed by atoms with E-state index in [4.69, 9.17) is 9.52 Å². The number of aliphatic hydroxyl groups is 1. The molecule has 1 aromatic heterocycles. The second-order valence-electron chi connectivity index (χ2n) is 5.35. The van der Waals surface area contributed by atoms with Crippen molar-refractivity contribution in [2.75, 3.05) is 13.2 Å². The van der Waals surface area contributed by atoms with E-state index >= 15 is 0 Å². The van der Waals surface area contributed by atoms with Crippen molar-refractivity contribution in [1.29, 1.82) is 0 Å². The zero-order valence-corrected chi connectivity index (χ0v) is 11.4. The lowest BCUT2D eigenvalue weighted by Gasteiger charge is -2.22. The van der Waals surface area contributed by atoms with Gasteiger partial charge in [0.1, 0.15) is 11.3 Å². The number of hydrogen-bond acceptors (Lipinski definition) is 4. The summed E-state index contributed by atoms with van der Waals surface area (Å²) < 4.78 is 18.8. The molecule has 0 amide bonds. The molecule has 108 valence electrons. The molecule has 1 atom stereocenters. The van der Waals surface area contributed by atoms with Gasteiger partial charge in [-0.15, -0.1) is 0 Å². The molecule has 1 saturated heterocycles. The Morgan fingerprint density at radius 3 is 3.20 bits per heavy atom. The summed E-state index contributed by atoms with van der Waals surface area (Å²) in [6.45, 7) is 1.93. The fraction of sp³-hybridized carbons (Fsp3) is 0.533. The zero-order chi connectivity index (χ0) is 13.9. The minimum atomic E-state index is -0.304. The fourth-order valence-corrected chi connectivity index (χ4v) is 2.94. The zero-order valence-electron chi connectivity index (χ0n) is 11.4. The predicted molar refractivity (Wildman–Crippen MR) is 73.7 cm³/mol. The van der Waals surface area contributed by atoms with Crippen LogP contribution in [0.5, 0.6) is 0 Å². The maximum absolute atomic E-state index is 13.1. The van der Waals surface area contributed by atoms with Crippen molar-refractivity contribution in [1.82, 2.24) is 9.88 Å². The van der Waals surface area contributed by atoms with Gasteiger partial charge in [0.25, 0.3) is 0 Å². The molecule has 1 aliphatic heterocycles. The van der Waals surface area contributed by atoms with Crippen LogP contribution in [0.15, 0.2) is 22.6 Å². The molecule has 1 aliphatic rings. The largest absolute Gasteiger partial charge is 0.439 e. The molecular formula is C15H19FN2O2. The molecule has 3 rings (SSSR count). The maximum atomic E-state index is 13.1. The molecule has 1 aromatic carbocycles. The number of aliphatic hydroxyl groups excluding tert-OH is 1. The Balaban J connectivity index is 1.71. The maximum Gasteiger partial charge on any atom is 0.209 e. The van der Waals surface area contributed by atoms with Gasteiger partial charge in [-0.1, -0.05) is 0 Å². The summed E-state index contributed by atoms with van der Waals surface area (Å²) in [5, 5.41) is 8.94. The van der Waals surface area contributed by atoms with Gasteiger partial charge in [0, 0.05) is 18.7 Å². The van der Waals surface area contributed by atoms with Gasteiger partial charge in [0.05, 0.1) is 6.54 Å². The van der Waals surface area contributed by atoms with E-state index in [9.17, 15) is 4.39 Å². The van der Waals surface area contributed by atoms with Gasteiger partial charge >= 0.3 is 0 Å². The first kappa shape index (κ1) is 13.5. The SMILES string of the molecule is OCCC[C@@H]1CCCN1Cc1nc2ccc(F)cc2o1. The Kier molecular flexibility index (Phi) is 3.98. The van der Waals surface area contributed by atoms with Crippen molar-refractivity contribution < 1.29 is 13.9 Å². The molecule has 0 radical (unpaired) electrons. The number of halogens is 1. The minimum absolute atomic E-state index is 0.243. The number of rotatable bonds is 5. The molecule has 0 bridgehead atoms. The normalized spacial score (nSPS) is 20.0. The highest BCUT2D eigenvalue weighted by Gasteiger charge is 2.25. The Labute approximate surface area is 117 Å². The number of hydrogen-bond donors (Lipinski definition) is 1. The Hall–Kier alpha value is -1.46. The van der Waals surface area contributed by atoms with Gasteiger partial charge < -0.3 is 9.52 Å². The molecule has 5 heteroatoms. The van der Waals surface area contributed by atoms with Crippen LogP contribution in [0.4, 0.5) is 4.39 Å². The summed E-state index contributed by atoms with van der Waals surface area (Å²) in [4.78, 5) is 6.75. The molecule has 2 heterocycles. The topological polar surface area (TPSA) is 49.5 Å². The number of oxazole rings is 1. The van der Waals surface area contributed by atoms with Crippen LogP contribution in [0.25, 0.3) is 11.1 Å². The Morgan fingerprint density at radius 1 is 1.45 bits per heavy atom. The summed E-state index contributed by atoms with van der Waals surface area (Å²) in [5.74, 6) is 0.337. The van der Waals surface area contributed by atoms with Crippen molar-refractivity contribution in [3.05, 3.63) is 29.9 Å². The van der Waals surface area contributed by atoms with Crippen molar-refractivity contribution in [3.8, 4) is 0 Å². The molecule has 0 aliphatic carbocycles. The van der Waals surface area contributed by atoms with Gasteiger partial charge in [-0.2, -0.15) is 0 Å². The summed E-state index contributed by atoms with van der Waals surface area (Å²) in [6.07, 6.45) is 4.17. The monoisotopic (exact) mass is 278 g/mol. The van der Waals surface area contributed by atoms with Gasteiger partial charge in [-0.25, -0.2) is 9.37 Å². The molecule has 20 heavy (non-hydrogen) atoms. The van der Waals surface area contributed by atoms with E-state index in [1.54, 1.807) is 6.07 Å². The molecule has 0 saturated carbocycles. The van der Waals surface area contributed by atoms with Gasteiger partial charge in [0.15, 0.2) is 5.58 Å². The number of aromatic nitrogens is 1. The molecule has 2 aromatic rings. The Morgan fingerprint density at radius 2 is 2.35 bits per heavy atom. The van der Waals surface area contributed by atoms with Crippen molar-refractivity contribution in [2.24, 2.45) is 0 Å². The minimum Gasteiger partial charge on any atom is -0.439 e. The highest BCUT2D eigenvalue weighted by Crippen LogP contribution is 2.25. The van der Waals surface area contributed by atoms with Crippen LogP contribution < -0.4 is 0 Å². The summed E-state index contributed by atoms with van der Waals surface area (Å²) in [7, 11) is 0. The highest BCUT2D eigenvalue weighted by molar-refractivity contribution is 5.72. The van der Waals surface area contributed by atoms with Crippen LogP contribution in [0.3, 0.4) is 0 Å². The molecule has 0 unspecified atom stereocenters. The van der Waals surface area contributed by atoms with E-state index < -0.39 is 0 Å².